The molecule has 7 heteroatoms. The maximum atomic E-state index is 10.6. The summed E-state index contributed by atoms with van der Waals surface area (Å²) in [6, 6.07) is 1.88. The fraction of sp³-hybridized carbons (Fsp3) is 0. The molecule has 0 spiro atoms. The van der Waals surface area contributed by atoms with Crippen molar-refractivity contribution in [1.82, 2.24) is 0 Å². The van der Waals surface area contributed by atoms with E-state index in [1.807, 2.05) is 0 Å². The number of carbonyl (C=O) groups is 2. The Morgan fingerprint density at radius 2 is 1.94 bits per heavy atom. The predicted molar refractivity (Wildman–Crippen MR) is 56.8 cm³/mol. The summed E-state index contributed by atoms with van der Waals surface area (Å²) >= 11 is 0. The lowest BCUT2D eigenvalue weighted by Gasteiger charge is -2.02. The van der Waals surface area contributed by atoms with E-state index in [0.717, 1.165) is 18.2 Å². The topological polar surface area (TPSA) is 118 Å². The first-order valence-electron chi connectivity index (χ1n) is 4.33. The van der Waals surface area contributed by atoms with Crippen LogP contribution in [0, 0.1) is 10.1 Å². The highest BCUT2D eigenvalue weighted by atomic mass is 16.6. The summed E-state index contributed by atoms with van der Waals surface area (Å²) < 4.78 is 0. The second kappa shape index (κ2) is 4.88. The number of carbonyl (C=O) groups excluding carboxylic acids is 1. The van der Waals surface area contributed by atoms with Crippen molar-refractivity contribution in [2.45, 2.75) is 0 Å². The van der Waals surface area contributed by atoms with Crippen LogP contribution in [0.1, 0.15) is 15.9 Å². The van der Waals surface area contributed by atoms with Crippen LogP contribution in [-0.4, -0.2) is 27.4 Å². The highest BCUT2D eigenvalue weighted by Gasteiger charge is 2.14. The van der Waals surface area contributed by atoms with E-state index in [9.17, 15) is 24.8 Å². The van der Waals surface area contributed by atoms with E-state index in [-0.39, 0.29) is 17.4 Å². The lowest BCUT2D eigenvalue weighted by atomic mass is 10.1. The molecule has 0 aliphatic heterocycles. The summed E-state index contributed by atoms with van der Waals surface area (Å²) in [7, 11) is 0. The minimum Gasteiger partial charge on any atom is -0.507 e. The van der Waals surface area contributed by atoms with Crippen molar-refractivity contribution < 1.29 is 24.7 Å². The number of phenolic OH excluding ortho intramolecular Hbond substituents is 1. The monoisotopic (exact) mass is 237 g/mol. The quantitative estimate of drug-likeness (QED) is 0.351. The van der Waals surface area contributed by atoms with E-state index in [2.05, 4.69) is 0 Å². The van der Waals surface area contributed by atoms with Crippen LogP contribution < -0.4 is 0 Å². The normalized spacial score (nSPS) is 10.4. The second-order valence-electron chi connectivity index (χ2n) is 3.02. The van der Waals surface area contributed by atoms with Gasteiger partial charge in [0.2, 0.25) is 0 Å². The zero-order valence-electron chi connectivity index (χ0n) is 8.36. The van der Waals surface area contributed by atoms with Crippen molar-refractivity contribution in [3.05, 3.63) is 39.4 Å². The molecule has 0 atom stereocenters. The van der Waals surface area contributed by atoms with Gasteiger partial charge in [-0.1, -0.05) is 0 Å². The summed E-state index contributed by atoms with van der Waals surface area (Å²) in [5.74, 6) is -1.77. The molecule has 0 radical (unpaired) electrons. The number of nitrogens with zero attached hydrogens (tertiary/aromatic N) is 1. The number of aromatic hydroxyl groups is 1. The first-order valence-corrected chi connectivity index (χ1v) is 4.33. The molecule has 1 aromatic carbocycles. The first kappa shape index (κ1) is 12.4. The number of aliphatic carboxylic acids is 1. The number of carboxylic acid groups (broad SMARTS) is 1. The van der Waals surface area contributed by atoms with Gasteiger partial charge in [0.25, 0.3) is 5.69 Å². The highest BCUT2D eigenvalue weighted by molar-refractivity contribution is 5.89. The molecule has 0 unspecified atom stereocenters. The molecule has 0 amide bonds. The number of hydrogen-bond donors (Lipinski definition) is 2. The van der Waals surface area contributed by atoms with Gasteiger partial charge in [-0.2, -0.15) is 0 Å². The summed E-state index contributed by atoms with van der Waals surface area (Å²) in [4.78, 5) is 30.6. The van der Waals surface area contributed by atoms with Gasteiger partial charge in [-0.05, 0) is 6.08 Å². The van der Waals surface area contributed by atoms with Gasteiger partial charge in [0.05, 0.1) is 10.5 Å². The molecule has 1 aromatic rings. The van der Waals surface area contributed by atoms with Crippen molar-refractivity contribution >= 4 is 24.0 Å². The van der Waals surface area contributed by atoms with Crippen LogP contribution in [0.5, 0.6) is 5.75 Å². The Morgan fingerprint density at radius 1 is 1.35 bits per heavy atom. The van der Waals surface area contributed by atoms with Crippen molar-refractivity contribution in [2.75, 3.05) is 0 Å². The summed E-state index contributed by atoms with van der Waals surface area (Å²) in [5.41, 5.74) is -0.789. The third kappa shape index (κ3) is 2.88. The van der Waals surface area contributed by atoms with Crippen LogP contribution in [0.2, 0.25) is 0 Å². The number of phenols is 1. The second-order valence-corrected chi connectivity index (χ2v) is 3.02. The molecule has 0 saturated heterocycles. The molecule has 0 bridgehead atoms. The molecule has 88 valence electrons. The van der Waals surface area contributed by atoms with E-state index in [1.54, 1.807) is 0 Å². The SMILES string of the molecule is O=Cc1cc([N+](=O)[O-])cc(C=CC(=O)O)c1O. The average molecular weight is 237 g/mol. The number of aldehydes is 1. The van der Waals surface area contributed by atoms with Crippen molar-refractivity contribution in [3.63, 3.8) is 0 Å². The van der Waals surface area contributed by atoms with Crippen LogP contribution in [0.4, 0.5) is 5.69 Å². The Hall–Kier alpha value is -2.70. The number of nitro groups is 1. The fourth-order valence-corrected chi connectivity index (χ4v) is 1.15. The molecule has 0 aliphatic rings. The molecule has 7 nitrogen and oxygen atoms in total. The molecule has 0 aliphatic carbocycles. The molecule has 1 rings (SSSR count). The van der Waals surface area contributed by atoms with Gasteiger partial charge in [0, 0.05) is 23.8 Å². The Morgan fingerprint density at radius 3 is 2.41 bits per heavy atom. The van der Waals surface area contributed by atoms with E-state index < -0.39 is 22.3 Å². The highest BCUT2D eigenvalue weighted by Crippen LogP contribution is 2.28. The Balaban J connectivity index is 3.37. The van der Waals surface area contributed by atoms with Crippen molar-refractivity contribution in [3.8, 4) is 5.75 Å². The molecule has 0 fully saturated rings. The lowest BCUT2D eigenvalue weighted by molar-refractivity contribution is -0.384. The first-order chi connectivity index (χ1) is 7.95. The minimum atomic E-state index is -1.27. The van der Waals surface area contributed by atoms with Crippen LogP contribution in [0.15, 0.2) is 18.2 Å². The van der Waals surface area contributed by atoms with Crippen molar-refractivity contribution in [2.24, 2.45) is 0 Å². The molecule has 17 heavy (non-hydrogen) atoms. The number of hydrogen-bond acceptors (Lipinski definition) is 5. The summed E-state index contributed by atoms with van der Waals surface area (Å²) in [6.07, 6.45) is 1.92. The smallest absolute Gasteiger partial charge is 0.328 e. The van der Waals surface area contributed by atoms with Crippen LogP contribution in [0.3, 0.4) is 0 Å². The molecule has 0 aromatic heterocycles. The minimum absolute atomic E-state index is 0.108. The number of carboxylic acids is 1. The van der Waals surface area contributed by atoms with E-state index in [1.165, 1.54) is 0 Å². The standard InChI is InChI=1S/C10H7NO6/c12-5-7-4-8(11(16)17)3-6(10(7)15)1-2-9(13)14/h1-5,15H,(H,13,14). The van der Waals surface area contributed by atoms with Crippen molar-refractivity contribution in [1.29, 1.82) is 0 Å². The van der Waals surface area contributed by atoms with Gasteiger partial charge in [-0.25, -0.2) is 4.79 Å². The lowest BCUT2D eigenvalue weighted by Crippen LogP contribution is -1.93. The third-order valence-corrected chi connectivity index (χ3v) is 1.90. The molecular weight excluding hydrogens is 230 g/mol. The largest absolute Gasteiger partial charge is 0.507 e. The summed E-state index contributed by atoms with van der Waals surface area (Å²) in [5, 5.41) is 28.4. The average Bonchev–Trinajstić information content (AvgIpc) is 2.27. The van der Waals surface area contributed by atoms with Gasteiger partial charge in [-0.3, -0.25) is 14.9 Å². The zero-order valence-corrected chi connectivity index (χ0v) is 8.36. The Kier molecular flexibility index (Phi) is 3.55. The van der Waals surface area contributed by atoms with Crippen LogP contribution >= 0.6 is 0 Å². The van der Waals surface area contributed by atoms with Gasteiger partial charge < -0.3 is 10.2 Å². The van der Waals surface area contributed by atoms with Gasteiger partial charge in [0.15, 0.2) is 6.29 Å². The molecular formula is C10H7NO6. The van der Waals surface area contributed by atoms with Crippen LogP contribution in [-0.2, 0) is 4.79 Å². The van der Waals surface area contributed by atoms with Gasteiger partial charge >= 0.3 is 5.97 Å². The molecule has 2 N–H and O–H groups in total. The number of benzene rings is 1. The Labute approximate surface area is 94.8 Å². The number of non-ortho nitro benzene ring substituents is 1. The Bertz CT molecular complexity index is 520. The molecule has 0 heterocycles. The third-order valence-electron chi connectivity index (χ3n) is 1.90. The summed E-state index contributed by atoms with van der Waals surface area (Å²) in [6.45, 7) is 0. The fourth-order valence-electron chi connectivity index (χ4n) is 1.15. The van der Waals surface area contributed by atoms with Gasteiger partial charge in [0.1, 0.15) is 5.75 Å². The number of nitro benzene ring substituents is 1. The van der Waals surface area contributed by atoms with E-state index >= 15 is 0 Å². The van der Waals surface area contributed by atoms with Gasteiger partial charge in [-0.15, -0.1) is 0 Å². The van der Waals surface area contributed by atoms with Crippen LogP contribution in [0.25, 0.3) is 6.08 Å². The maximum Gasteiger partial charge on any atom is 0.328 e. The van der Waals surface area contributed by atoms with E-state index in [0.29, 0.717) is 6.08 Å². The predicted octanol–water partition coefficient (Wildman–Crippen LogP) is 1.21. The number of rotatable bonds is 4. The zero-order chi connectivity index (χ0) is 13.0. The van der Waals surface area contributed by atoms with E-state index in [4.69, 9.17) is 5.11 Å². The molecule has 0 saturated carbocycles. The maximum absolute atomic E-state index is 10.6.